The van der Waals surface area contributed by atoms with Crippen molar-refractivity contribution in [3.8, 4) is 0 Å². The minimum Gasteiger partial charge on any atom is -0.327 e. The number of aryl methyl sites for hydroxylation is 2. The van der Waals surface area contributed by atoms with Crippen LogP contribution in [0.25, 0.3) is 0 Å². The van der Waals surface area contributed by atoms with Gasteiger partial charge >= 0.3 is 0 Å². The molecule has 3 heteroatoms. The van der Waals surface area contributed by atoms with Crippen molar-refractivity contribution in [2.24, 2.45) is 11.7 Å². The summed E-state index contributed by atoms with van der Waals surface area (Å²) in [4.78, 5) is 0. The summed E-state index contributed by atoms with van der Waals surface area (Å²) >= 11 is 0. The molecule has 0 bridgehead atoms. The molecule has 0 aromatic carbocycles. The van der Waals surface area contributed by atoms with E-state index in [9.17, 15) is 0 Å². The average molecular weight is 221 g/mol. The smallest absolute Gasteiger partial charge is 0.0625 e. The Morgan fingerprint density at radius 3 is 2.56 bits per heavy atom. The second-order valence-electron chi connectivity index (χ2n) is 5.16. The van der Waals surface area contributed by atoms with Crippen molar-refractivity contribution < 1.29 is 0 Å². The molecule has 0 saturated heterocycles. The number of nitrogens with zero attached hydrogens (tertiary/aromatic N) is 2. The van der Waals surface area contributed by atoms with Gasteiger partial charge in [-0.3, -0.25) is 4.68 Å². The summed E-state index contributed by atoms with van der Waals surface area (Å²) in [5, 5.41) is 4.57. The zero-order valence-corrected chi connectivity index (χ0v) is 10.7. The van der Waals surface area contributed by atoms with Gasteiger partial charge in [0.25, 0.3) is 0 Å². The maximum Gasteiger partial charge on any atom is 0.0625 e. The van der Waals surface area contributed by atoms with Gasteiger partial charge in [-0.05, 0) is 51.5 Å². The van der Waals surface area contributed by atoms with Crippen LogP contribution in [0.5, 0.6) is 0 Å². The summed E-state index contributed by atoms with van der Waals surface area (Å²) in [5.74, 6) is 0.712. The molecule has 0 radical (unpaired) electrons. The summed E-state index contributed by atoms with van der Waals surface area (Å²) in [6.07, 6.45) is 5.00. The molecule has 0 aliphatic heterocycles. The molecular weight excluding hydrogens is 198 g/mol. The predicted molar refractivity (Wildman–Crippen MR) is 66.4 cm³/mol. The summed E-state index contributed by atoms with van der Waals surface area (Å²) in [5.41, 5.74) is 9.89. The molecule has 2 rings (SSSR count). The Morgan fingerprint density at radius 2 is 2.06 bits per heavy atom. The molecule has 90 valence electrons. The molecular formula is C13H23N3. The van der Waals surface area contributed by atoms with Gasteiger partial charge < -0.3 is 5.73 Å². The molecule has 2 atom stereocenters. The molecule has 0 spiro atoms. The molecule has 1 saturated carbocycles. The van der Waals surface area contributed by atoms with Crippen LogP contribution in [0.1, 0.15) is 42.6 Å². The lowest BCUT2D eigenvalue weighted by molar-refractivity contribution is 0.399. The monoisotopic (exact) mass is 221 g/mol. The highest BCUT2D eigenvalue weighted by Gasteiger charge is 2.23. The van der Waals surface area contributed by atoms with Crippen molar-refractivity contribution in [2.75, 3.05) is 0 Å². The Morgan fingerprint density at radius 1 is 1.31 bits per heavy atom. The lowest BCUT2D eigenvalue weighted by atomic mass is 10.0. The number of rotatable bonds is 3. The average Bonchev–Trinajstić information content (AvgIpc) is 2.76. The van der Waals surface area contributed by atoms with E-state index in [1.165, 1.54) is 36.9 Å². The van der Waals surface area contributed by atoms with Crippen molar-refractivity contribution >= 4 is 0 Å². The van der Waals surface area contributed by atoms with Crippen LogP contribution in [0.2, 0.25) is 0 Å². The van der Waals surface area contributed by atoms with E-state index in [0.29, 0.717) is 12.0 Å². The third kappa shape index (κ3) is 2.14. The first kappa shape index (κ1) is 11.6. The minimum atomic E-state index is 0.429. The van der Waals surface area contributed by atoms with Crippen LogP contribution in [0, 0.1) is 26.7 Å². The third-order valence-corrected chi connectivity index (χ3v) is 4.17. The summed E-state index contributed by atoms with van der Waals surface area (Å²) in [7, 11) is 0. The van der Waals surface area contributed by atoms with E-state index in [-0.39, 0.29) is 0 Å². The van der Waals surface area contributed by atoms with E-state index in [1.54, 1.807) is 0 Å². The molecule has 2 unspecified atom stereocenters. The SMILES string of the molecule is Cc1nn(CCC2CCCC2N)c(C)c1C. The second-order valence-corrected chi connectivity index (χ2v) is 5.16. The highest BCUT2D eigenvalue weighted by molar-refractivity contribution is 5.22. The first-order valence-corrected chi connectivity index (χ1v) is 6.35. The maximum absolute atomic E-state index is 6.09. The normalized spacial score (nSPS) is 25.2. The van der Waals surface area contributed by atoms with Crippen molar-refractivity contribution in [3.05, 3.63) is 17.0 Å². The molecule has 2 N–H and O–H groups in total. The van der Waals surface area contributed by atoms with Crippen LogP contribution in [0.4, 0.5) is 0 Å². The fourth-order valence-corrected chi connectivity index (χ4v) is 2.72. The zero-order valence-electron chi connectivity index (χ0n) is 10.7. The van der Waals surface area contributed by atoms with E-state index >= 15 is 0 Å². The van der Waals surface area contributed by atoms with Gasteiger partial charge in [0, 0.05) is 18.3 Å². The number of nitrogens with two attached hydrogens (primary N) is 1. The molecule has 1 aromatic rings. The molecule has 0 amide bonds. The van der Waals surface area contributed by atoms with Gasteiger partial charge in [-0.15, -0.1) is 0 Å². The van der Waals surface area contributed by atoms with Gasteiger partial charge in [0.05, 0.1) is 5.69 Å². The largest absolute Gasteiger partial charge is 0.327 e. The number of hydrogen-bond donors (Lipinski definition) is 1. The fourth-order valence-electron chi connectivity index (χ4n) is 2.72. The Kier molecular flexibility index (Phi) is 3.33. The highest BCUT2D eigenvalue weighted by atomic mass is 15.3. The van der Waals surface area contributed by atoms with Crippen LogP contribution >= 0.6 is 0 Å². The van der Waals surface area contributed by atoms with Gasteiger partial charge in [-0.2, -0.15) is 5.10 Å². The third-order valence-electron chi connectivity index (χ3n) is 4.17. The van der Waals surface area contributed by atoms with E-state index < -0.39 is 0 Å². The van der Waals surface area contributed by atoms with Crippen LogP contribution in [-0.4, -0.2) is 15.8 Å². The first-order chi connectivity index (χ1) is 7.59. The number of aromatic nitrogens is 2. The Bertz CT molecular complexity index is 367. The minimum absolute atomic E-state index is 0.429. The topological polar surface area (TPSA) is 43.8 Å². The van der Waals surface area contributed by atoms with Crippen LogP contribution in [0.15, 0.2) is 0 Å². The lowest BCUT2D eigenvalue weighted by Crippen LogP contribution is -2.25. The van der Waals surface area contributed by atoms with Crippen LogP contribution in [0.3, 0.4) is 0 Å². The molecule has 1 heterocycles. The van der Waals surface area contributed by atoms with E-state index in [4.69, 9.17) is 5.73 Å². The molecule has 3 nitrogen and oxygen atoms in total. The van der Waals surface area contributed by atoms with E-state index in [0.717, 1.165) is 12.2 Å². The summed E-state index contributed by atoms with van der Waals surface area (Å²) in [6, 6.07) is 0.429. The first-order valence-electron chi connectivity index (χ1n) is 6.35. The lowest BCUT2D eigenvalue weighted by Gasteiger charge is -2.15. The van der Waals surface area contributed by atoms with Crippen LogP contribution in [-0.2, 0) is 6.54 Å². The van der Waals surface area contributed by atoms with Gasteiger partial charge in [0.1, 0.15) is 0 Å². The van der Waals surface area contributed by atoms with Crippen molar-refractivity contribution in [1.82, 2.24) is 9.78 Å². The molecule has 1 aliphatic rings. The standard InChI is InChI=1S/C13H23N3/c1-9-10(2)15-16(11(9)3)8-7-12-5-4-6-13(12)14/h12-13H,4-8,14H2,1-3H3. The highest BCUT2D eigenvalue weighted by Crippen LogP contribution is 2.27. The number of hydrogen-bond acceptors (Lipinski definition) is 2. The van der Waals surface area contributed by atoms with Gasteiger partial charge in [-0.1, -0.05) is 6.42 Å². The Balaban J connectivity index is 1.96. The Labute approximate surface area is 98.0 Å². The predicted octanol–water partition coefficient (Wildman–Crippen LogP) is 2.33. The molecule has 1 fully saturated rings. The molecule has 16 heavy (non-hydrogen) atoms. The molecule has 1 aliphatic carbocycles. The van der Waals surface area contributed by atoms with E-state index in [1.807, 2.05) is 0 Å². The second kappa shape index (κ2) is 4.58. The van der Waals surface area contributed by atoms with Crippen molar-refractivity contribution in [1.29, 1.82) is 0 Å². The van der Waals surface area contributed by atoms with Crippen molar-refractivity contribution in [3.63, 3.8) is 0 Å². The van der Waals surface area contributed by atoms with Gasteiger partial charge in [0.2, 0.25) is 0 Å². The zero-order chi connectivity index (χ0) is 11.7. The fraction of sp³-hybridized carbons (Fsp3) is 0.769. The van der Waals surface area contributed by atoms with Gasteiger partial charge in [-0.25, -0.2) is 0 Å². The van der Waals surface area contributed by atoms with Gasteiger partial charge in [0.15, 0.2) is 0 Å². The summed E-state index contributed by atoms with van der Waals surface area (Å²) < 4.78 is 2.15. The maximum atomic E-state index is 6.09. The summed E-state index contributed by atoms with van der Waals surface area (Å²) in [6.45, 7) is 7.42. The quantitative estimate of drug-likeness (QED) is 0.851. The van der Waals surface area contributed by atoms with Crippen molar-refractivity contribution in [2.45, 2.75) is 59.0 Å². The Hall–Kier alpha value is -0.830. The van der Waals surface area contributed by atoms with E-state index in [2.05, 4.69) is 30.6 Å². The van der Waals surface area contributed by atoms with Crippen LogP contribution < -0.4 is 5.73 Å². The molecule has 1 aromatic heterocycles.